The average molecular weight is 292 g/mol. The zero-order chi connectivity index (χ0) is 14.9. The van der Waals surface area contributed by atoms with Crippen LogP contribution in [0.25, 0.3) is 0 Å². The lowest BCUT2D eigenvalue weighted by molar-refractivity contribution is -0.155. The summed E-state index contributed by atoms with van der Waals surface area (Å²) in [6, 6.07) is 6.16. The Labute approximate surface area is 124 Å². The van der Waals surface area contributed by atoms with Gasteiger partial charge in [0, 0.05) is 12.2 Å². The number of rotatable bonds is 4. The van der Waals surface area contributed by atoms with Crippen LogP contribution in [0.1, 0.15) is 19.8 Å². The first-order chi connectivity index (χ1) is 10.1. The molecule has 5 heteroatoms. The van der Waals surface area contributed by atoms with E-state index in [0.717, 1.165) is 31.6 Å². The van der Waals surface area contributed by atoms with Crippen LogP contribution in [-0.2, 0) is 9.53 Å². The highest BCUT2D eigenvalue weighted by Crippen LogP contribution is 2.39. The Bertz CT molecular complexity index is 512. The molecule has 4 nitrogen and oxygen atoms in total. The minimum Gasteiger partial charge on any atom is -0.464 e. The van der Waals surface area contributed by atoms with Gasteiger partial charge in [0.2, 0.25) is 0 Å². The number of piperidine rings is 3. The molecule has 0 amide bonds. The normalized spacial score (nSPS) is 31.0. The molecule has 2 bridgehead atoms. The van der Waals surface area contributed by atoms with E-state index >= 15 is 0 Å². The number of hydrogen-bond donors (Lipinski definition) is 1. The highest BCUT2D eigenvalue weighted by molar-refractivity contribution is 5.86. The molecule has 0 aromatic heterocycles. The predicted molar refractivity (Wildman–Crippen MR) is 78.6 cm³/mol. The van der Waals surface area contributed by atoms with Crippen LogP contribution in [0.5, 0.6) is 0 Å². The van der Waals surface area contributed by atoms with Gasteiger partial charge in [-0.25, -0.2) is 9.18 Å². The molecule has 1 aromatic carbocycles. The molecule has 0 saturated carbocycles. The lowest BCUT2D eigenvalue weighted by Gasteiger charge is -2.52. The molecule has 21 heavy (non-hydrogen) atoms. The molecule has 4 rings (SSSR count). The van der Waals surface area contributed by atoms with Gasteiger partial charge in [-0.15, -0.1) is 0 Å². The molecule has 3 saturated heterocycles. The summed E-state index contributed by atoms with van der Waals surface area (Å²) < 4.78 is 18.4. The first kappa shape index (κ1) is 14.3. The SMILES string of the molecule is CCOC(=O)C1(Nc2ccc(F)cc2)CN2CCC1CC2. The third-order valence-corrected chi connectivity index (χ3v) is 4.61. The van der Waals surface area contributed by atoms with Gasteiger partial charge in [0.1, 0.15) is 5.82 Å². The summed E-state index contributed by atoms with van der Waals surface area (Å²) in [4.78, 5) is 14.9. The summed E-state index contributed by atoms with van der Waals surface area (Å²) in [5.41, 5.74) is 0.0582. The maximum Gasteiger partial charge on any atom is 0.333 e. The van der Waals surface area contributed by atoms with Crippen molar-refractivity contribution in [2.24, 2.45) is 5.92 Å². The van der Waals surface area contributed by atoms with Crippen molar-refractivity contribution in [2.75, 3.05) is 31.6 Å². The fourth-order valence-electron chi connectivity index (χ4n) is 3.54. The van der Waals surface area contributed by atoms with Crippen LogP contribution in [-0.4, -0.2) is 42.6 Å². The summed E-state index contributed by atoms with van der Waals surface area (Å²) in [6.07, 6.45) is 1.99. The third kappa shape index (κ3) is 2.62. The molecular weight excluding hydrogens is 271 g/mol. The first-order valence-electron chi connectivity index (χ1n) is 7.57. The Hall–Kier alpha value is -1.62. The smallest absolute Gasteiger partial charge is 0.333 e. The number of nitrogens with zero attached hydrogens (tertiary/aromatic N) is 1. The molecular formula is C16H21FN2O2. The van der Waals surface area contributed by atoms with Crippen LogP contribution < -0.4 is 5.32 Å². The van der Waals surface area contributed by atoms with Crippen LogP contribution in [0.15, 0.2) is 24.3 Å². The summed E-state index contributed by atoms with van der Waals surface area (Å²) in [7, 11) is 0. The van der Waals surface area contributed by atoms with E-state index in [2.05, 4.69) is 10.2 Å². The second-order valence-corrected chi connectivity index (χ2v) is 5.87. The van der Waals surface area contributed by atoms with E-state index in [1.54, 1.807) is 12.1 Å². The number of esters is 1. The predicted octanol–water partition coefficient (Wildman–Crippen LogP) is 2.27. The van der Waals surface area contributed by atoms with Crippen LogP contribution >= 0.6 is 0 Å². The topological polar surface area (TPSA) is 41.6 Å². The van der Waals surface area contributed by atoms with Crippen molar-refractivity contribution in [3.63, 3.8) is 0 Å². The monoisotopic (exact) mass is 292 g/mol. The Morgan fingerprint density at radius 1 is 1.38 bits per heavy atom. The highest BCUT2D eigenvalue weighted by atomic mass is 19.1. The number of carbonyl (C=O) groups excluding carboxylic acids is 1. The molecule has 1 atom stereocenters. The summed E-state index contributed by atoms with van der Waals surface area (Å²) in [5, 5.41) is 3.35. The fraction of sp³-hybridized carbons (Fsp3) is 0.562. The van der Waals surface area contributed by atoms with Gasteiger partial charge in [-0.2, -0.15) is 0 Å². The summed E-state index contributed by atoms with van der Waals surface area (Å²) in [6.45, 7) is 4.94. The number of halogens is 1. The van der Waals surface area contributed by atoms with E-state index < -0.39 is 5.54 Å². The largest absolute Gasteiger partial charge is 0.464 e. The van der Waals surface area contributed by atoms with Gasteiger partial charge in [0.25, 0.3) is 0 Å². The van der Waals surface area contributed by atoms with E-state index in [1.807, 2.05) is 6.92 Å². The van der Waals surface area contributed by atoms with E-state index in [0.29, 0.717) is 13.2 Å². The standard InChI is InChI=1S/C16H21FN2O2/c1-2-21-15(20)16(11-19-9-7-12(16)8-10-19)18-14-5-3-13(17)4-6-14/h3-6,12,18H,2,7-11H2,1H3. The molecule has 0 radical (unpaired) electrons. The van der Waals surface area contributed by atoms with Crippen molar-refractivity contribution in [1.29, 1.82) is 0 Å². The Balaban J connectivity index is 1.89. The van der Waals surface area contributed by atoms with E-state index in [9.17, 15) is 9.18 Å². The minimum absolute atomic E-state index is 0.191. The molecule has 3 fully saturated rings. The molecule has 3 aliphatic heterocycles. The number of ether oxygens (including phenoxy) is 1. The molecule has 3 aliphatic rings. The van der Waals surface area contributed by atoms with Crippen molar-refractivity contribution in [3.05, 3.63) is 30.1 Å². The third-order valence-electron chi connectivity index (χ3n) is 4.61. The lowest BCUT2D eigenvalue weighted by atomic mass is 9.72. The lowest BCUT2D eigenvalue weighted by Crippen LogP contribution is -2.67. The van der Waals surface area contributed by atoms with Gasteiger partial charge in [0.05, 0.1) is 6.61 Å². The molecule has 1 unspecified atom stereocenters. The second-order valence-electron chi connectivity index (χ2n) is 5.87. The zero-order valence-corrected chi connectivity index (χ0v) is 12.3. The van der Waals surface area contributed by atoms with E-state index in [1.165, 1.54) is 12.1 Å². The molecule has 114 valence electrons. The van der Waals surface area contributed by atoms with Crippen molar-refractivity contribution < 1.29 is 13.9 Å². The van der Waals surface area contributed by atoms with E-state index in [-0.39, 0.29) is 17.7 Å². The van der Waals surface area contributed by atoms with Gasteiger partial charge < -0.3 is 15.0 Å². The van der Waals surface area contributed by atoms with Crippen molar-refractivity contribution in [2.45, 2.75) is 25.3 Å². The number of fused-ring (bicyclic) bond motifs is 3. The average Bonchev–Trinajstić information content (AvgIpc) is 2.51. The second kappa shape index (κ2) is 5.64. The molecule has 0 spiro atoms. The molecule has 1 N–H and O–H groups in total. The summed E-state index contributed by atoms with van der Waals surface area (Å²) in [5.74, 6) is -0.199. The van der Waals surface area contributed by atoms with Crippen molar-refractivity contribution >= 4 is 11.7 Å². The molecule has 1 aromatic rings. The number of benzene rings is 1. The fourth-order valence-corrected chi connectivity index (χ4v) is 3.54. The zero-order valence-electron chi connectivity index (χ0n) is 12.3. The van der Waals surface area contributed by atoms with Gasteiger partial charge in [-0.05, 0) is 63.0 Å². The highest BCUT2D eigenvalue weighted by Gasteiger charge is 2.53. The van der Waals surface area contributed by atoms with Crippen LogP contribution in [0.4, 0.5) is 10.1 Å². The van der Waals surface area contributed by atoms with Crippen LogP contribution in [0, 0.1) is 11.7 Å². The minimum atomic E-state index is -0.704. The molecule has 0 aliphatic carbocycles. The number of anilines is 1. The number of carbonyl (C=O) groups is 1. The number of hydrogen-bond acceptors (Lipinski definition) is 4. The maximum atomic E-state index is 13.1. The van der Waals surface area contributed by atoms with Gasteiger partial charge in [-0.3, -0.25) is 0 Å². The van der Waals surface area contributed by atoms with Gasteiger partial charge in [-0.1, -0.05) is 0 Å². The van der Waals surface area contributed by atoms with Crippen LogP contribution in [0.3, 0.4) is 0 Å². The molecule has 3 heterocycles. The number of nitrogens with one attached hydrogen (secondary N) is 1. The van der Waals surface area contributed by atoms with Gasteiger partial charge >= 0.3 is 5.97 Å². The summed E-state index contributed by atoms with van der Waals surface area (Å²) >= 11 is 0. The Kier molecular flexibility index (Phi) is 3.85. The maximum absolute atomic E-state index is 13.1. The van der Waals surface area contributed by atoms with Crippen molar-refractivity contribution in [1.82, 2.24) is 4.90 Å². The van der Waals surface area contributed by atoms with Gasteiger partial charge in [0.15, 0.2) is 5.54 Å². The quantitative estimate of drug-likeness (QED) is 0.864. The van der Waals surface area contributed by atoms with Crippen molar-refractivity contribution in [3.8, 4) is 0 Å². The Morgan fingerprint density at radius 2 is 2.05 bits per heavy atom. The van der Waals surface area contributed by atoms with Crippen LogP contribution in [0.2, 0.25) is 0 Å². The van der Waals surface area contributed by atoms with E-state index in [4.69, 9.17) is 4.74 Å². The Morgan fingerprint density at radius 3 is 2.57 bits per heavy atom. The first-order valence-corrected chi connectivity index (χ1v) is 7.57.